The van der Waals surface area contributed by atoms with Crippen LogP contribution in [-0.4, -0.2) is 46.0 Å². The molecule has 2 fully saturated rings. The van der Waals surface area contributed by atoms with Crippen LogP contribution in [0.15, 0.2) is 52.9 Å². The molecule has 1 aromatic heterocycles. The molecular formula is C26H26ClN5O4. The molecule has 10 heteroatoms. The fraction of sp³-hybridized carbons (Fsp3) is 0.346. The molecule has 0 bridgehead atoms. The van der Waals surface area contributed by atoms with Gasteiger partial charge in [-0.1, -0.05) is 37.6 Å². The van der Waals surface area contributed by atoms with Gasteiger partial charge in [0.25, 0.3) is 11.8 Å². The number of carbonyl (C=O) groups excluding carboxylic acids is 3. The molecule has 1 unspecified atom stereocenters. The van der Waals surface area contributed by atoms with Gasteiger partial charge in [-0.05, 0) is 60.7 Å². The Morgan fingerprint density at radius 1 is 1.06 bits per heavy atom. The van der Waals surface area contributed by atoms with Crippen molar-refractivity contribution in [2.75, 3.05) is 13.1 Å². The van der Waals surface area contributed by atoms with Crippen LogP contribution >= 0.6 is 11.6 Å². The molecule has 3 aromatic rings. The van der Waals surface area contributed by atoms with Crippen LogP contribution in [0.25, 0.3) is 11.5 Å². The fourth-order valence-electron chi connectivity index (χ4n) is 4.91. The second-order valence-corrected chi connectivity index (χ2v) is 9.90. The van der Waals surface area contributed by atoms with Gasteiger partial charge in [0.2, 0.25) is 11.8 Å². The second-order valence-electron chi connectivity index (χ2n) is 9.47. The van der Waals surface area contributed by atoms with E-state index in [1.54, 1.807) is 36.4 Å². The third-order valence-corrected chi connectivity index (χ3v) is 7.26. The van der Waals surface area contributed by atoms with Crippen molar-refractivity contribution < 1.29 is 18.8 Å². The molecule has 2 aliphatic heterocycles. The van der Waals surface area contributed by atoms with E-state index in [2.05, 4.69) is 20.8 Å². The van der Waals surface area contributed by atoms with Gasteiger partial charge >= 0.3 is 6.03 Å². The Labute approximate surface area is 213 Å². The van der Waals surface area contributed by atoms with Gasteiger partial charge in [0, 0.05) is 35.2 Å². The number of urea groups is 1. The Kier molecular flexibility index (Phi) is 6.26. The first-order valence-corrected chi connectivity index (χ1v) is 12.3. The largest absolute Gasteiger partial charge is 0.420 e. The van der Waals surface area contributed by atoms with E-state index in [0.717, 1.165) is 18.4 Å². The first-order chi connectivity index (χ1) is 17.3. The van der Waals surface area contributed by atoms with Crippen LogP contribution in [0.3, 0.4) is 0 Å². The van der Waals surface area contributed by atoms with Crippen LogP contribution in [0, 0.1) is 5.92 Å². The van der Waals surface area contributed by atoms with Gasteiger partial charge in [-0.3, -0.25) is 14.9 Å². The molecule has 1 atom stereocenters. The van der Waals surface area contributed by atoms with Gasteiger partial charge in [-0.2, -0.15) is 0 Å². The molecule has 2 N–H and O–H groups in total. The Balaban J connectivity index is 1.24. The van der Waals surface area contributed by atoms with E-state index >= 15 is 0 Å². The maximum atomic E-state index is 13.1. The van der Waals surface area contributed by atoms with E-state index in [9.17, 15) is 14.4 Å². The number of hydrogen-bond acceptors (Lipinski definition) is 6. The molecule has 2 saturated heterocycles. The lowest BCUT2D eigenvalue weighted by Gasteiger charge is -2.32. The third kappa shape index (κ3) is 4.24. The normalized spacial score (nSPS) is 20.5. The first-order valence-electron chi connectivity index (χ1n) is 11.9. The summed E-state index contributed by atoms with van der Waals surface area (Å²) in [5.74, 6) is 0.475. The number of imide groups is 1. The monoisotopic (exact) mass is 507 g/mol. The van der Waals surface area contributed by atoms with Crippen molar-refractivity contribution >= 4 is 29.4 Å². The van der Waals surface area contributed by atoms with Crippen molar-refractivity contribution in [2.45, 2.75) is 38.1 Å². The highest BCUT2D eigenvalue weighted by Gasteiger charge is 2.50. The lowest BCUT2D eigenvalue weighted by atomic mass is 9.79. The fourth-order valence-corrected chi connectivity index (χ4v) is 5.03. The summed E-state index contributed by atoms with van der Waals surface area (Å²) in [4.78, 5) is 39.3. The number of aromatic nitrogens is 2. The van der Waals surface area contributed by atoms with Gasteiger partial charge in [0.05, 0.1) is 0 Å². The molecule has 186 valence electrons. The van der Waals surface area contributed by atoms with Gasteiger partial charge in [0.1, 0.15) is 5.54 Å². The van der Waals surface area contributed by atoms with Crippen molar-refractivity contribution in [1.29, 1.82) is 0 Å². The summed E-state index contributed by atoms with van der Waals surface area (Å²) < 4.78 is 5.90. The van der Waals surface area contributed by atoms with E-state index in [1.165, 1.54) is 0 Å². The predicted octanol–water partition coefficient (Wildman–Crippen LogP) is 4.10. The maximum Gasteiger partial charge on any atom is 0.322 e. The van der Waals surface area contributed by atoms with Gasteiger partial charge in [-0.15, -0.1) is 10.2 Å². The highest BCUT2D eigenvalue weighted by molar-refractivity contribution is 6.30. The molecule has 4 amide bonds. The summed E-state index contributed by atoms with van der Waals surface area (Å²) in [7, 11) is 0. The molecule has 9 nitrogen and oxygen atoms in total. The smallest absolute Gasteiger partial charge is 0.322 e. The van der Waals surface area contributed by atoms with Crippen molar-refractivity contribution in [3.8, 4) is 11.5 Å². The van der Waals surface area contributed by atoms with E-state index in [0.29, 0.717) is 41.0 Å². The van der Waals surface area contributed by atoms with Crippen LogP contribution in [0.1, 0.15) is 54.4 Å². The number of rotatable bonds is 5. The minimum absolute atomic E-state index is 0.0779. The number of halogens is 1. The number of benzene rings is 2. The van der Waals surface area contributed by atoms with Crippen molar-refractivity contribution in [3.63, 3.8) is 0 Å². The molecule has 0 aliphatic carbocycles. The van der Waals surface area contributed by atoms with Crippen LogP contribution in [0.5, 0.6) is 0 Å². The van der Waals surface area contributed by atoms with Gasteiger partial charge in [0.15, 0.2) is 0 Å². The van der Waals surface area contributed by atoms with E-state index in [-0.39, 0.29) is 23.7 Å². The average Bonchev–Trinajstić information content (AvgIpc) is 3.49. The summed E-state index contributed by atoms with van der Waals surface area (Å²) in [6.45, 7) is 4.88. The minimum atomic E-state index is -1.15. The second kappa shape index (κ2) is 9.39. The Bertz CT molecular complexity index is 1300. The summed E-state index contributed by atoms with van der Waals surface area (Å²) in [5, 5.41) is 14.1. The quantitative estimate of drug-likeness (QED) is 0.502. The van der Waals surface area contributed by atoms with E-state index < -0.39 is 11.6 Å². The van der Waals surface area contributed by atoms with Crippen LogP contribution in [-0.2, 0) is 10.3 Å². The molecule has 3 heterocycles. The highest BCUT2D eigenvalue weighted by atomic mass is 35.5. The topological polar surface area (TPSA) is 117 Å². The first kappa shape index (κ1) is 24.0. The van der Waals surface area contributed by atoms with Crippen molar-refractivity contribution in [1.82, 2.24) is 25.7 Å². The molecular weight excluding hydrogens is 482 g/mol. The molecule has 36 heavy (non-hydrogen) atoms. The molecule has 0 saturated carbocycles. The van der Waals surface area contributed by atoms with Gasteiger partial charge < -0.3 is 14.6 Å². The number of amides is 4. The number of nitrogens with zero attached hydrogens (tertiary/aromatic N) is 3. The lowest BCUT2D eigenvalue weighted by Crippen LogP contribution is -2.48. The Hall–Kier alpha value is -3.72. The van der Waals surface area contributed by atoms with E-state index in [1.807, 2.05) is 30.9 Å². The summed E-state index contributed by atoms with van der Waals surface area (Å²) in [6.07, 6.45) is 1.43. The van der Waals surface area contributed by atoms with Gasteiger partial charge in [-0.25, -0.2) is 4.79 Å². The highest BCUT2D eigenvalue weighted by Crippen LogP contribution is 2.34. The number of piperidine rings is 1. The Morgan fingerprint density at radius 2 is 1.72 bits per heavy atom. The zero-order chi connectivity index (χ0) is 25.4. The average molecular weight is 508 g/mol. The molecule has 5 rings (SSSR count). The van der Waals surface area contributed by atoms with Crippen LogP contribution < -0.4 is 10.6 Å². The van der Waals surface area contributed by atoms with E-state index in [4.69, 9.17) is 16.0 Å². The van der Waals surface area contributed by atoms with Crippen LogP contribution in [0.2, 0.25) is 5.02 Å². The molecule has 2 aromatic carbocycles. The lowest BCUT2D eigenvalue weighted by molar-refractivity contribution is -0.125. The summed E-state index contributed by atoms with van der Waals surface area (Å²) in [6, 6.07) is 13.6. The summed E-state index contributed by atoms with van der Waals surface area (Å²) in [5.41, 5.74) is 0.835. The summed E-state index contributed by atoms with van der Waals surface area (Å²) >= 11 is 5.95. The molecule has 0 spiro atoms. The number of carbonyl (C=O) groups is 3. The molecule has 0 radical (unpaired) electrons. The number of nitrogens with one attached hydrogen (secondary N) is 2. The van der Waals surface area contributed by atoms with Crippen molar-refractivity contribution in [2.24, 2.45) is 5.92 Å². The maximum absolute atomic E-state index is 13.1. The third-order valence-electron chi connectivity index (χ3n) is 7.01. The minimum Gasteiger partial charge on any atom is -0.420 e. The Morgan fingerprint density at radius 3 is 2.31 bits per heavy atom. The van der Waals surface area contributed by atoms with Crippen molar-refractivity contribution in [3.05, 3.63) is 70.6 Å². The van der Waals surface area contributed by atoms with Crippen LogP contribution in [0.4, 0.5) is 4.79 Å². The molecule has 2 aliphatic rings. The number of likely N-dealkylation sites (tertiary alicyclic amines) is 1. The zero-order valence-corrected chi connectivity index (χ0v) is 20.7. The number of hydrogen-bond donors (Lipinski definition) is 2. The zero-order valence-electron chi connectivity index (χ0n) is 20.0. The predicted molar refractivity (Wildman–Crippen MR) is 132 cm³/mol. The standard InChI is InChI=1S/C26H26ClN5O4/c1-15(2)26(24(34)28-25(35)29-26)19-7-3-18(4-8-19)23(33)32-13-11-17(12-14-32)22-31-30-21(36-22)16-5-9-20(27)10-6-16/h3-10,15,17H,11-14H2,1-2H3,(H2,28,29,34,35). The SMILES string of the molecule is CC(C)C1(c2ccc(C(=O)N3CCC(c4nnc(-c5ccc(Cl)cc5)o4)CC3)cc2)NC(=O)NC1=O.